The van der Waals surface area contributed by atoms with Crippen molar-refractivity contribution < 1.29 is 4.39 Å². The van der Waals surface area contributed by atoms with Crippen molar-refractivity contribution in [2.75, 3.05) is 22.5 Å². The van der Waals surface area contributed by atoms with Crippen LogP contribution in [0.4, 0.5) is 26.7 Å². The van der Waals surface area contributed by atoms with E-state index in [1.807, 2.05) is 39.0 Å². The maximum atomic E-state index is 14.2. The summed E-state index contributed by atoms with van der Waals surface area (Å²) in [4.78, 5) is 8.94. The molecule has 1 aliphatic heterocycles. The first kappa shape index (κ1) is 19.6. The lowest BCUT2D eigenvalue weighted by atomic mass is 9.89. The Kier molecular flexibility index (Phi) is 5.36. The molecule has 0 saturated carbocycles. The fourth-order valence-corrected chi connectivity index (χ4v) is 4.59. The summed E-state index contributed by atoms with van der Waals surface area (Å²) in [5.41, 5.74) is 3.87. The van der Waals surface area contributed by atoms with Crippen LogP contribution >= 0.6 is 11.5 Å². The van der Waals surface area contributed by atoms with Gasteiger partial charge < -0.3 is 16.0 Å². The molecule has 1 aliphatic rings. The van der Waals surface area contributed by atoms with E-state index >= 15 is 0 Å². The van der Waals surface area contributed by atoms with E-state index in [4.69, 9.17) is 0 Å². The lowest BCUT2D eigenvalue weighted by Crippen LogP contribution is -2.19. The van der Waals surface area contributed by atoms with Crippen molar-refractivity contribution in [2.45, 2.75) is 46.1 Å². The van der Waals surface area contributed by atoms with E-state index in [-0.39, 0.29) is 17.8 Å². The molecule has 2 unspecified atom stereocenters. The molecule has 0 radical (unpaired) electrons. The fraction of sp³-hybridized carbons (Fsp3) is 0.381. The summed E-state index contributed by atoms with van der Waals surface area (Å²) >= 11 is 1.41. The monoisotopic (exact) mass is 412 g/mol. The number of halogens is 1. The first-order chi connectivity index (χ1) is 13.9. The Bertz CT molecular complexity index is 1030. The molecular weight excluding hydrogens is 387 g/mol. The van der Waals surface area contributed by atoms with Gasteiger partial charge in [0.25, 0.3) is 0 Å². The van der Waals surface area contributed by atoms with Crippen LogP contribution in [0.1, 0.15) is 41.9 Å². The number of nitrogens with one attached hydrogen (secondary N) is 3. The zero-order valence-electron chi connectivity index (χ0n) is 17.0. The van der Waals surface area contributed by atoms with Crippen LogP contribution < -0.4 is 16.0 Å². The molecule has 0 fully saturated rings. The number of aromatic nitrogens is 3. The lowest BCUT2D eigenvalue weighted by molar-refractivity contribution is 0.596. The highest BCUT2D eigenvalue weighted by molar-refractivity contribution is 7.10. The van der Waals surface area contributed by atoms with Crippen LogP contribution in [0.15, 0.2) is 24.3 Å². The minimum absolute atomic E-state index is 0.173. The van der Waals surface area contributed by atoms with Gasteiger partial charge in [-0.15, -0.1) is 0 Å². The standard InChI is InChI=1S/C21H25FN6S/c1-11-5-6-16(22)21-20(11)15(13(3)24-21)7-8-23-17-10-18(26-14(4)25-17)27-19-9-12(2)28-29-19/h5-6,9-10,13,15,24H,7-8H2,1-4H3,(H2,23,25,26,27). The molecule has 4 rings (SSSR count). The van der Waals surface area contributed by atoms with Gasteiger partial charge in [-0.2, -0.15) is 4.37 Å². The van der Waals surface area contributed by atoms with Crippen LogP contribution in [0.25, 0.3) is 0 Å². The molecule has 0 saturated heterocycles. The summed E-state index contributed by atoms with van der Waals surface area (Å²) in [6, 6.07) is 7.49. The number of benzene rings is 1. The van der Waals surface area contributed by atoms with Gasteiger partial charge >= 0.3 is 0 Å². The van der Waals surface area contributed by atoms with Gasteiger partial charge in [0, 0.05) is 24.6 Å². The van der Waals surface area contributed by atoms with Gasteiger partial charge in [0.1, 0.15) is 28.3 Å². The van der Waals surface area contributed by atoms with Crippen LogP contribution in [0.3, 0.4) is 0 Å². The molecule has 0 spiro atoms. The summed E-state index contributed by atoms with van der Waals surface area (Å²) < 4.78 is 18.4. The molecule has 2 aromatic heterocycles. The first-order valence-corrected chi connectivity index (χ1v) is 10.5. The summed E-state index contributed by atoms with van der Waals surface area (Å²) in [5, 5.41) is 10.9. The molecule has 3 N–H and O–H groups in total. The number of rotatable bonds is 6. The van der Waals surface area contributed by atoms with Crippen molar-refractivity contribution >= 4 is 33.9 Å². The van der Waals surface area contributed by atoms with Crippen LogP contribution in [-0.4, -0.2) is 26.9 Å². The van der Waals surface area contributed by atoms with E-state index in [0.29, 0.717) is 11.5 Å². The number of fused-ring (bicyclic) bond motifs is 1. The molecule has 29 heavy (non-hydrogen) atoms. The van der Waals surface area contributed by atoms with Gasteiger partial charge in [-0.25, -0.2) is 14.4 Å². The van der Waals surface area contributed by atoms with Crippen molar-refractivity contribution in [3.8, 4) is 0 Å². The molecule has 6 nitrogen and oxygen atoms in total. The van der Waals surface area contributed by atoms with Crippen molar-refractivity contribution in [2.24, 2.45) is 0 Å². The van der Waals surface area contributed by atoms with Gasteiger partial charge in [-0.1, -0.05) is 6.07 Å². The Balaban J connectivity index is 1.43. The molecule has 2 atom stereocenters. The fourth-order valence-electron chi connectivity index (χ4n) is 3.92. The second-order valence-corrected chi connectivity index (χ2v) is 8.36. The highest BCUT2D eigenvalue weighted by Gasteiger charge is 2.32. The maximum Gasteiger partial charge on any atom is 0.146 e. The Morgan fingerprint density at radius 1 is 1.14 bits per heavy atom. The van der Waals surface area contributed by atoms with Crippen LogP contribution in [0, 0.1) is 26.6 Å². The molecule has 152 valence electrons. The predicted molar refractivity (Wildman–Crippen MR) is 117 cm³/mol. The second-order valence-electron chi connectivity index (χ2n) is 7.55. The normalized spacial score (nSPS) is 17.7. The number of aryl methyl sites for hydroxylation is 3. The zero-order valence-corrected chi connectivity index (χ0v) is 17.8. The molecule has 0 amide bonds. The van der Waals surface area contributed by atoms with Crippen molar-refractivity contribution in [3.63, 3.8) is 0 Å². The van der Waals surface area contributed by atoms with E-state index in [2.05, 4.69) is 37.2 Å². The zero-order chi connectivity index (χ0) is 20.5. The molecule has 0 bridgehead atoms. The van der Waals surface area contributed by atoms with E-state index in [1.165, 1.54) is 17.6 Å². The van der Waals surface area contributed by atoms with E-state index in [9.17, 15) is 4.39 Å². The molecule has 8 heteroatoms. The van der Waals surface area contributed by atoms with E-state index in [0.717, 1.165) is 46.4 Å². The quantitative estimate of drug-likeness (QED) is 0.520. The number of hydrogen-bond donors (Lipinski definition) is 3. The number of anilines is 4. The van der Waals surface area contributed by atoms with Gasteiger partial charge in [-0.3, -0.25) is 0 Å². The van der Waals surface area contributed by atoms with Crippen LogP contribution in [-0.2, 0) is 0 Å². The van der Waals surface area contributed by atoms with Crippen molar-refractivity contribution in [1.29, 1.82) is 0 Å². The number of nitrogens with zero attached hydrogens (tertiary/aromatic N) is 3. The minimum Gasteiger partial charge on any atom is -0.379 e. The Labute approximate surface area is 174 Å². The highest BCUT2D eigenvalue weighted by atomic mass is 32.1. The lowest BCUT2D eigenvalue weighted by Gasteiger charge is -2.18. The largest absolute Gasteiger partial charge is 0.379 e. The molecule has 1 aromatic carbocycles. The first-order valence-electron chi connectivity index (χ1n) is 9.76. The Hall–Kier alpha value is -2.74. The van der Waals surface area contributed by atoms with Gasteiger partial charge in [0.05, 0.1) is 11.4 Å². The summed E-state index contributed by atoms with van der Waals surface area (Å²) in [6.07, 6.45) is 0.880. The number of hydrogen-bond acceptors (Lipinski definition) is 7. The smallest absolute Gasteiger partial charge is 0.146 e. The molecule has 3 aromatic rings. The van der Waals surface area contributed by atoms with Gasteiger partial charge in [0.15, 0.2) is 0 Å². The summed E-state index contributed by atoms with van der Waals surface area (Å²) in [7, 11) is 0. The van der Waals surface area contributed by atoms with Crippen molar-refractivity contribution in [1.82, 2.24) is 14.3 Å². The Morgan fingerprint density at radius 2 is 1.93 bits per heavy atom. The third-order valence-corrected chi connectivity index (χ3v) is 6.03. The van der Waals surface area contributed by atoms with Crippen LogP contribution in [0.5, 0.6) is 0 Å². The summed E-state index contributed by atoms with van der Waals surface area (Å²) in [5.74, 6) is 2.29. The van der Waals surface area contributed by atoms with E-state index < -0.39 is 0 Å². The SMILES string of the molecule is Cc1cc(Nc2cc(NCCC3c4c(C)ccc(F)c4NC3C)nc(C)n2)sn1. The third-order valence-electron chi connectivity index (χ3n) is 5.24. The van der Waals surface area contributed by atoms with Crippen molar-refractivity contribution in [3.05, 3.63) is 52.7 Å². The average Bonchev–Trinajstić information content (AvgIpc) is 3.22. The maximum absolute atomic E-state index is 14.2. The highest BCUT2D eigenvalue weighted by Crippen LogP contribution is 2.41. The predicted octanol–water partition coefficient (Wildman–Crippen LogP) is 5.14. The van der Waals surface area contributed by atoms with Crippen LogP contribution in [0.2, 0.25) is 0 Å². The van der Waals surface area contributed by atoms with E-state index in [1.54, 1.807) is 0 Å². The third kappa shape index (κ3) is 4.17. The van der Waals surface area contributed by atoms with Gasteiger partial charge in [-0.05, 0) is 68.9 Å². The Morgan fingerprint density at radius 3 is 2.69 bits per heavy atom. The minimum atomic E-state index is -0.173. The topological polar surface area (TPSA) is 74.8 Å². The van der Waals surface area contributed by atoms with Gasteiger partial charge in [0.2, 0.25) is 0 Å². The second kappa shape index (κ2) is 7.94. The molecular formula is C21H25FN6S. The molecule has 0 aliphatic carbocycles. The summed E-state index contributed by atoms with van der Waals surface area (Å²) in [6.45, 7) is 8.73. The molecule has 3 heterocycles. The average molecular weight is 413 g/mol.